The van der Waals surface area contributed by atoms with Gasteiger partial charge in [-0.05, 0) is 18.2 Å². The van der Waals surface area contributed by atoms with E-state index in [1.807, 2.05) is 40.2 Å². The molecule has 120 valence electrons. The van der Waals surface area contributed by atoms with Gasteiger partial charge in [0.25, 0.3) is 0 Å². The van der Waals surface area contributed by atoms with Crippen LogP contribution in [0, 0.1) is 0 Å². The maximum Gasteiger partial charge on any atom is 0.244 e. The molecule has 24 heavy (non-hydrogen) atoms. The van der Waals surface area contributed by atoms with Crippen LogP contribution in [0.1, 0.15) is 11.5 Å². The number of imidazole rings is 2. The van der Waals surface area contributed by atoms with Gasteiger partial charge in [0.05, 0.1) is 23.3 Å². The second-order valence-electron chi connectivity index (χ2n) is 5.10. The minimum atomic E-state index is -0.225. The first-order valence-corrected chi connectivity index (χ1v) is 8.47. The Hall–Kier alpha value is -2.64. The Morgan fingerprint density at radius 3 is 3.12 bits per heavy atom. The van der Waals surface area contributed by atoms with Crippen molar-refractivity contribution in [3.63, 3.8) is 0 Å². The maximum atomic E-state index is 12.0. The highest BCUT2D eigenvalue weighted by Gasteiger charge is 2.09. The van der Waals surface area contributed by atoms with Crippen molar-refractivity contribution < 1.29 is 4.79 Å². The van der Waals surface area contributed by atoms with Crippen molar-refractivity contribution >= 4 is 50.9 Å². The van der Waals surface area contributed by atoms with Crippen molar-refractivity contribution in [3.8, 4) is 0 Å². The second kappa shape index (κ2) is 6.10. The minimum absolute atomic E-state index is 0.225. The SMILES string of the molecule is O=C(C=Cc1c(Cl)nc2sccn12)NCc1nc2ccccc2[nH]1. The highest BCUT2D eigenvalue weighted by Crippen LogP contribution is 2.22. The number of nitrogens with zero attached hydrogens (tertiary/aromatic N) is 3. The summed E-state index contributed by atoms with van der Waals surface area (Å²) in [7, 11) is 0. The highest BCUT2D eigenvalue weighted by atomic mass is 35.5. The monoisotopic (exact) mass is 357 g/mol. The molecule has 4 rings (SSSR count). The van der Waals surface area contributed by atoms with Crippen LogP contribution in [0.4, 0.5) is 0 Å². The molecule has 4 aromatic rings. The van der Waals surface area contributed by atoms with Crippen LogP contribution in [0.15, 0.2) is 41.9 Å². The minimum Gasteiger partial charge on any atom is -0.345 e. The van der Waals surface area contributed by atoms with Crippen molar-refractivity contribution in [2.24, 2.45) is 0 Å². The molecule has 0 saturated heterocycles. The van der Waals surface area contributed by atoms with Gasteiger partial charge >= 0.3 is 0 Å². The van der Waals surface area contributed by atoms with E-state index < -0.39 is 0 Å². The lowest BCUT2D eigenvalue weighted by Gasteiger charge is -1.98. The number of hydrogen-bond acceptors (Lipinski definition) is 4. The standard InChI is InChI=1S/C16H12ClN5OS/c17-15-12(22-7-8-24-16(22)21-15)5-6-14(23)18-9-13-19-10-3-1-2-4-11(10)20-13/h1-8H,9H2,(H,18,23)(H,19,20). The van der Waals surface area contributed by atoms with E-state index in [0.717, 1.165) is 16.0 Å². The molecule has 3 aromatic heterocycles. The van der Waals surface area contributed by atoms with Gasteiger partial charge in [-0.25, -0.2) is 9.97 Å². The zero-order valence-corrected chi connectivity index (χ0v) is 13.9. The third-order valence-electron chi connectivity index (χ3n) is 3.52. The molecular weight excluding hydrogens is 346 g/mol. The molecule has 0 aliphatic heterocycles. The second-order valence-corrected chi connectivity index (χ2v) is 6.33. The summed E-state index contributed by atoms with van der Waals surface area (Å²) in [6.45, 7) is 0.325. The number of carbonyl (C=O) groups is 1. The summed E-state index contributed by atoms with van der Waals surface area (Å²) in [4.78, 5) is 24.6. The fourth-order valence-electron chi connectivity index (χ4n) is 2.40. The third kappa shape index (κ3) is 2.79. The zero-order valence-electron chi connectivity index (χ0n) is 12.4. The van der Waals surface area contributed by atoms with E-state index in [9.17, 15) is 4.79 Å². The van der Waals surface area contributed by atoms with Crippen molar-refractivity contribution in [2.75, 3.05) is 0 Å². The summed E-state index contributed by atoms with van der Waals surface area (Å²) in [6, 6.07) is 7.73. The highest BCUT2D eigenvalue weighted by molar-refractivity contribution is 7.15. The molecular formula is C16H12ClN5OS. The number of fused-ring (bicyclic) bond motifs is 2. The summed E-state index contributed by atoms with van der Waals surface area (Å²) in [6.07, 6.45) is 4.96. The lowest BCUT2D eigenvalue weighted by Crippen LogP contribution is -2.20. The predicted octanol–water partition coefficient (Wildman–Crippen LogP) is 3.26. The Labute approximate surface area is 145 Å². The summed E-state index contributed by atoms with van der Waals surface area (Å²) in [5, 5.41) is 5.09. The molecule has 0 radical (unpaired) electrons. The average Bonchev–Trinajstić information content (AvgIpc) is 3.25. The Morgan fingerprint density at radius 1 is 1.38 bits per heavy atom. The van der Waals surface area contributed by atoms with Crippen LogP contribution in [0.3, 0.4) is 0 Å². The normalized spacial score (nSPS) is 11.7. The Kier molecular flexibility index (Phi) is 3.79. The van der Waals surface area contributed by atoms with Gasteiger partial charge in [-0.1, -0.05) is 23.7 Å². The number of thiazole rings is 1. The van der Waals surface area contributed by atoms with E-state index in [-0.39, 0.29) is 5.91 Å². The van der Waals surface area contributed by atoms with Crippen LogP contribution in [0.5, 0.6) is 0 Å². The summed E-state index contributed by atoms with van der Waals surface area (Å²) in [5.74, 6) is 0.484. The van der Waals surface area contributed by atoms with Crippen molar-refractivity contribution in [1.29, 1.82) is 0 Å². The van der Waals surface area contributed by atoms with Crippen molar-refractivity contribution in [2.45, 2.75) is 6.54 Å². The number of hydrogen-bond donors (Lipinski definition) is 2. The molecule has 2 N–H and O–H groups in total. The van der Waals surface area contributed by atoms with Crippen molar-refractivity contribution in [3.05, 3.63) is 58.6 Å². The first kappa shape index (κ1) is 14.9. The van der Waals surface area contributed by atoms with Gasteiger partial charge in [-0.15, -0.1) is 11.3 Å². The first-order valence-electron chi connectivity index (χ1n) is 7.21. The van der Waals surface area contributed by atoms with Crippen LogP contribution in [0.2, 0.25) is 5.15 Å². The van der Waals surface area contributed by atoms with E-state index in [1.165, 1.54) is 17.4 Å². The number of halogens is 1. The molecule has 0 fully saturated rings. The molecule has 0 atom stereocenters. The molecule has 0 aliphatic carbocycles. The van der Waals surface area contributed by atoms with E-state index in [0.29, 0.717) is 23.2 Å². The van der Waals surface area contributed by atoms with Crippen LogP contribution in [-0.2, 0) is 11.3 Å². The molecule has 1 aromatic carbocycles. The van der Waals surface area contributed by atoms with Gasteiger partial charge in [-0.2, -0.15) is 0 Å². The number of amides is 1. The van der Waals surface area contributed by atoms with E-state index in [2.05, 4.69) is 20.3 Å². The molecule has 0 bridgehead atoms. The topological polar surface area (TPSA) is 75.1 Å². The number of para-hydroxylation sites is 2. The molecule has 0 saturated carbocycles. The molecule has 1 amide bonds. The van der Waals surface area contributed by atoms with E-state index in [1.54, 1.807) is 6.08 Å². The average molecular weight is 358 g/mol. The molecule has 0 spiro atoms. The van der Waals surface area contributed by atoms with E-state index >= 15 is 0 Å². The van der Waals surface area contributed by atoms with Gasteiger partial charge < -0.3 is 10.3 Å². The predicted molar refractivity (Wildman–Crippen MR) is 95.1 cm³/mol. The molecule has 0 unspecified atom stereocenters. The largest absolute Gasteiger partial charge is 0.345 e. The van der Waals surface area contributed by atoms with E-state index in [4.69, 9.17) is 11.6 Å². The lowest BCUT2D eigenvalue weighted by molar-refractivity contribution is -0.116. The first-order chi connectivity index (χ1) is 11.7. The Balaban J connectivity index is 1.44. The molecule has 6 nitrogen and oxygen atoms in total. The fraction of sp³-hybridized carbons (Fsp3) is 0.0625. The number of aromatic amines is 1. The lowest BCUT2D eigenvalue weighted by atomic mass is 10.3. The maximum absolute atomic E-state index is 12.0. The summed E-state index contributed by atoms with van der Waals surface area (Å²) >= 11 is 7.57. The van der Waals surface area contributed by atoms with Crippen LogP contribution in [-0.4, -0.2) is 25.3 Å². The van der Waals surface area contributed by atoms with Crippen LogP contribution < -0.4 is 5.32 Å². The number of H-pyrrole nitrogens is 1. The van der Waals surface area contributed by atoms with Gasteiger partial charge in [0, 0.05) is 17.7 Å². The molecule has 8 heteroatoms. The number of rotatable bonds is 4. The fourth-order valence-corrected chi connectivity index (χ4v) is 3.40. The van der Waals surface area contributed by atoms with Crippen LogP contribution in [0.25, 0.3) is 22.1 Å². The molecule has 0 aliphatic rings. The smallest absolute Gasteiger partial charge is 0.244 e. The number of benzene rings is 1. The van der Waals surface area contributed by atoms with Gasteiger partial charge in [0.15, 0.2) is 10.1 Å². The quantitative estimate of drug-likeness (QED) is 0.550. The van der Waals surface area contributed by atoms with Gasteiger partial charge in [0.1, 0.15) is 5.82 Å². The Bertz CT molecular complexity index is 1030. The van der Waals surface area contributed by atoms with Crippen LogP contribution >= 0.6 is 22.9 Å². The zero-order chi connectivity index (χ0) is 16.5. The number of aromatic nitrogens is 4. The number of nitrogens with one attached hydrogen (secondary N) is 2. The summed E-state index contributed by atoms with van der Waals surface area (Å²) in [5.41, 5.74) is 2.51. The number of carbonyl (C=O) groups excluding carboxylic acids is 1. The van der Waals surface area contributed by atoms with Gasteiger partial charge in [0.2, 0.25) is 5.91 Å². The molecule has 3 heterocycles. The summed E-state index contributed by atoms with van der Waals surface area (Å²) < 4.78 is 1.84. The Morgan fingerprint density at radius 2 is 2.25 bits per heavy atom. The van der Waals surface area contributed by atoms with Crippen molar-refractivity contribution in [1.82, 2.24) is 24.7 Å². The van der Waals surface area contributed by atoms with Gasteiger partial charge in [-0.3, -0.25) is 9.20 Å². The third-order valence-corrected chi connectivity index (χ3v) is 4.55.